The third kappa shape index (κ3) is 4.32. The molecule has 1 N–H and O–H groups in total. The summed E-state index contributed by atoms with van der Waals surface area (Å²) in [6.45, 7) is 3.78. The molecule has 0 spiro atoms. The lowest BCUT2D eigenvalue weighted by atomic mass is 10.2. The fraction of sp³-hybridized carbons (Fsp3) is 0.455. The van der Waals surface area contributed by atoms with Crippen molar-refractivity contribution in [1.29, 1.82) is 0 Å². The molecule has 96 valence electrons. The Balaban J connectivity index is 2.71. The van der Waals surface area contributed by atoms with Gasteiger partial charge in [-0.25, -0.2) is 17.5 Å². The quantitative estimate of drug-likeness (QED) is 0.847. The van der Waals surface area contributed by atoms with E-state index in [1.165, 1.54) is 12.1 Å². The smallest absolute Gasteiger partial charge is 0.211 e. The number of benzene rings is 1. The van der Waals surface area contributed by atoms with Crippen LogP contribution in [0.3, 0.4) is 0 Å². The van der Waals surface area contributed by atoms with E-state index in [4.69, 9.17) is 4.74 Å². The molecule has 0 radical (unpaired) electrons. The van der Waals surface area contributed by atoms with Crippen molar-refractivity contribution >= 4 is 10.0 Å². The number of hydrogen-bond acceptors (Lipinski definition) is 3. The van der Waals surface area contributed by atoms with Crippen molar-refractivity contribution in [2.75, 3.05) is 12.4 Å². The van der Waals surface area contributed by atoms with Gasteiger partial charge in [-0.1, -0.05) is 6.07 Å². The summed E-state index contributed by atoms with van der Waals surface area (Å²) in [5, 5.41) is 0. The SMILES string of the molecule is CCOc1ccc(CNS(=O)(=O)CC)cc1F. The lowest BCUT2D eigenvalue weighted by Gasteiger charge is -2.07. The van der Waals surface area contributed by atoms with E-state index in [0.717, 1.165) is 0 Å². The zero-order valence-electron chi connectivity index (χ0n) is 9.86. The van der Waals surface area contributed by atoms with E-state index >= 15 is 0 Å². The largest absolute Gasteiger partial charge is 0.491 e. The van der Waals surface area contributed by atoms with Crippen LogP contribution in [0, 0.1) is 5.82 Å². The summed E-state index contributed by atoms with van der Waals surface area (Å²) in [6, 6.07) is 4.39. The third-order valence-corrected chi connectivity index (χ3v) is 3.52. The first kappa shape index (κ1) is 13.9. The number of rotatable bonds is 6. The van der Waals surface area contributed by atoms with Crippen LogP contribution in [0.5, 0.6) is 5.75 Å². The van der Waals surface area contributed by atoms with Gasteiger partial charge < -0.3 is 4.74 Å². The van der Waals surface area contributed by atoms with Gasteiger partial charge in [0.05, 0.1) is 12.4 Å². The fourth-order valence-electron chi connectivity index (χ4n) is 1.22. The van der Waals surface area contributed by atoms with Crippen molar-refractivity contribution < 1.29 is 17.5 Å². The van der Waals surface area contributed by atoms with Crippen LogP contribution in [0.1, 0.15) is 19.4 Å². The van der Waals surface area contributed by atoms with Crippen LogP contribution < -0.4 is 9.46 Å². The van der Waals surface area contributed by atoms with E-state index in [9.17, 15) is 12.8 Å². The molecule has 0 atom stereocenters. The number of nitrogens with one attached hydrogen (secondary N) is 1. The predicted octanol–water partition coefficient (Wildman–Crippen LogP) is 1.66. The van der Waals surface area contributed by atoms with Gasteiger partial charge in [-0.3, -0.25) is 0 Å². The predicted molar refractivity (Wildman–Crippen MR) is 63.9 cm³/mol. The minimum atomic E-state index is -3.25. The Kier molecular flexibility index (Phi) is 4.89. The maximum Gasteiger partial charge on any atom is 0.211 e. The minimum absolute atomic E-state index is 0.00646. The van der Waals surface area contributed by atoms with Crippen LogP contribution in [0.4, 0.5) is 4.39 Å². The van der Waals surface area contributed by atoms with Crippen molar-refractivity contribution in [2.45, 2.75) is 20.4 Å². The summed E-state index contributed by atoms with van der Waals surface area (Å²) in [5.74, 6) is -0.304. The zero-order chi connectivity index (χ0) is 12.9. The number of sulfonamides is 1. The van der Waals surface area contributed by atoms with Gasteiger partial charge >= 0.3 is 0 Å². The second-order valence-corrected chi connectivity index (χ2v) is 5.52. The van der Waals surface area contributed by atoms with Crippen LogP contribution >= 0.6 is 0 Å². The summed E-state index contributed by atoms with van der Waals surface area (Å²) in [5.41, 5.74) is 0.558. The Morgan fingerprint density at radius 1 is 1.35 bits per heavy atom. The molecule has 6 heteroatoms. The molecule has 0 aliphatic heterocycles. The van der Waals surface area contributed by atoms with E-state index in [2.05, 4.69) is 4.72 Å². The molecule has 0 saturated heterocycles. The van der Waals surface area contributed by atoms with Gasteiger partial charge in [0.1, 0.15) is 0 Å². The van der Waals surface area contributed by atoms with E-state index < -0.39 is 15.8 Å². The molecule has 0 amide bonds. The molecule has 0 unspecified atom stereocenters. The monoisotopic (exact) mass is 261 g/mol. The normalized spacial score (nSPS) is 11.5. The van der Waals surface area contributed by atoms with Gasteiger partial charge in [-0.2, -0.15) is 0 Å². The molecule has 0 aromatic heterocycles. The summed E-state index contributed by atoms with van der Waals surface area (Å²) in [4.78, 5) is 0. The van der Waals surface area contributed by atoms with E-state index in [0.29, 0.717) is 12.2 Å². The van der Waals surface area contributed by atoms with Gasteiger partial charge in [-0.15, -0.1) is 0 Å². The molecular formula is C11H16FNO3S. The first-order valence-corrected chi connectivity index (χ1v) is 7.02. The second-order valence-electron chi connectivity index (χ2n) is 3.42. The first-order chi connectivity index (χ1) is 7.98. The third-order valence-electron chi connectivity index (χ3n) is 2.17. The van der Waals surface area contributed by atoms with Gasteiger partial charge in [0.25, 0.3) is 0 Å². The van der Waals surface area contributed by atoms with Crippen LogP contribution in [0.2, 0.25) is 0 Å². The lowest BCUT2D eigenvalue weighted by Crippen LogP contribution is -2.24. The zero-order valence-corrected chi connectivity index (χ0v) is 10.7. The Labute approximate surface area is 101 Å². The van der Waals surface area contributed by atoms with Crippen LogP contribution in [-0.2, 0) is 16.6 Å². The Morgan fingerprint density at radius 3 is 2.59 bits per heavy atom. The standard InChI is InChI=1S/C11H16FNO3S/c1-3-16-11-6-5-9(7-10(11)12)8-13-17(14,15)4-2/h5-7,13H,3-4,8H2,1-2H3. The molecule has 1 rings (SSSR count). The average Bonchev–Trinajstić information content (AvgIpc) is 2.30. The summed E-state index contributed by atoms with van der Waals surface area (Å²) in [7, 11) is -3.25. The Morgan fingerprint density at radius 2 is 2.06 bits per heavy atom. The van der Waals surface area contributed by atoms with Gasteiger partial charge in [0.2, 0.25) is 10.0 Å². The molecule has 0 bridgehead atoms. The molecule has 0 fully saturated rings. The fourth-order valence-corrected chi connectivity index (χ4v) is 1.81. The van der Waals surface area contributed by atoms with Crippen LogP contribution in [0.15, 0.2) is 18.2 Å². The topological polar surface area (TPSA) is 55.4 Å². The molecule has 1 aromatic carbocycles. The molecule has 0 aliphatic carbocycles. The summed E-state index contributed by atoms with van der Waals surface area (Å²) >= 11 is 0. The van der Waals surface area contributed by atoms with Crippen molar-refractivity contribution in [3.05, 3.63) is 29.6 Å². The number of hydrogen-bond donors (Lipinski definition) is 1. The maximum absolute atomic E-state index is 13.4. The van der Waals surface area contributed by atoms with Crippen molar-refractivity contribution in [3.63, 3.8) is 0 Å². The van der Waals surface area contributed by atoms with Gasteiger partial charge in [0, 0.05) is 6.54 Å². The lowest BCUT2D eigenvalue weighted by molar-refractivity contribution is 0.321. The van der Waals surface area contributed by atoms with Gasteiger partial charge in [0.15, 0.2) is 11.6 Å². The molecule has 0 heterocycles. The summed E-state index contributed by atoms with van der Waals surface area (Å²) < 4.78 is 43.2. The molecule has 0 saturated carbocycles. The molecule has 1 aromatic rings. The molecule has 17 heavy (non-hydrogen) atoms. The molecular weight excluding hydrogens is 245 g/mol. The average molecular weight is 261 g/mol. The summed E-state index contributed by atoms with van der Waals surface area (Å²) in [6.07, 6.45) is 0. The Bertz CT molecular complexity index is 474. The molecule has 0 aliphatic rings. The minimum Gasteiger partial charge on any atom is -0.491 e. The Hall–Kier alpha value is -1.14. The number of ether oxygens (including phenoxy) is 1. The van der Waals surface area contributed by atoms with E-state index in [1.807, 2.05) is 0 Å². The highest BCUT2D eigenvalue weighted by Crippen LogP contribution is 2.18. The number of halogens is 1. The highest BCUT2D eigenvalue weighted by molar-refractivity contribution is 7.89. The highest BCUT2D eigenvalue weighted by Gasteiger charge is 2.08. The van der Waals surface area contributed by atoms with Crippen molar-refractivity contribution in [2.24, 2.45) is 0 Å². The van der Waals surface area contributed by atoms with Crippen molar-refractivity contribution in [3.8, 4) is 5.75 Å². The van der Waals surface area contributed by atoms with Crippen LogP contribution in [-0.4, -0.2) is 20.8 Å². The highest BCUT2D eigenvalue weighted by atomic mass is 32.2. The first-order valence-electron chi connectivity index (χ1n) is 5.37. The van der Waals surface area contributed by atoms with E-state index in [1.54, 1.807) is 19.9 Å². The van der Waals surface area contributed by atoms with Gasteiger partial charge in [-0.05, 0) is 31.5 Å². The maximum atomic E-state index is 13.4. The molecule has 4 nitrogen and oxygen atoms in total. The van der Waals surface area contributed by atoms with Crippen LogP contribution in [0.25, 0.3) is 0 Å². The van der Waals surface area contributed by atoms with E-state index in [-0.39, 0.29) is 18.0 Å². The second kappa shape index (κ2) is 5.97. The van der Waals surface area contributed by atoms with Crippen molar-refractivity contribution in [1.82, 2.24) is 4.72 Å².